The fraction of sp³-hybridized carbons (Fsp3) is 0.263. The highest BCUT2D eigenvalue weighted by Crippen LogP contribution is 2.28. The number of para-hydroxylation sites is 1. The summed E-state index contributed by atoms with van der Waals surface area (Å²) in [5, 5.41) is 2.71. The number of nitrogens with one attached hydrogen (secondary N) is 2. The summed E-state index contributed by atoms with van der Waals surface area (Å²) in [6.07, 6.45) is 2.07. The van der Waals surface area contributed by atoms with E-state index in [1.54, 1.807) is 24.3 Å². The lowest BCUT2D eigenvalue weighted by Crippen LogP contribution is -2.26. The third-order valence-corrected chi connectivity index (χ3v) is 5.72. The van der Waals surface area contributed by atoms with E-state index in [1.165, 1.54) is 24.3 Å². The van der Waals surface area contributed by atoms with E-state index in [9.17, 15) is 18.0 Å². The Morgan fingerprint density at radius 2 is 1.81 bits per heavy atom. The molecule has 142 valence electrons. The number of hydrogen-bond acceptors (Lipinski definition) is 4. The number of nitrogens with two attached hydrogens (primary N) is 1. The number of hydrogen-bond donors (Lipinski definition) is 3. The number of carbonyl (C=O) groups excluding carboxylic acids is 2. The van der Waals surface area contributed by atoms with Crippen molar-refractivity contribution in [3.8, 4) is 0 Å². The summed E-state index contributed by atoms with van der Waals surface area (Å²) in [7, 11) is -3.66. The van der Waals surface area contributed by atoms with E-state index in [0.717, 1.165) is 12.8 Å². The van der Waals surface area contributed by atoms with Gasteiger partial charge in [0.25, 0.3) is 5.91 Å². The molecule has 0 atom stereocenters. The zero-order valence-corrected chi connectivity index (χ0v) is 15.5. The second kappa shape index (κ2) is 7.89. The maximum absolute atomic E-state index is 12.6. The lowest BCUT2D eigenvalue weighted by Gasteiger charge is -2.11. The molecule has 0 bridgehead atoms. The first-order valence-electron chi connectivity index (χ1n) is 8.62. The minimum Gasteiger partial charge on any atom is -0.369 e. The predicted octanol–water partition coefficient (Wildman–Crippen LogP) is 1.65. The highest BCUT2D eigenvalue weighted by atomic mass is 32.2. The molecule has 0 aliphatic heterocycles. The average molecular weight is 387 g/mol. The van der Waals surface area contributed by atoms with Crippen LogP contribution < -0.4 is 15.8 Å². The van der Waals surface area contributed by atoms with Crippen LogP contribution in [0.25, 0.3) is 0 Å². The minimum atomic E-state index is -3.66. The van der Waals surface area contributed by atoms with Crippen LogP contribution in [0.3, 0.4) is 0 Å². The van der Waals surface area contributed by atoms with Gasteiger partial charge in [0.2, 0.25) is 15.9 Å². The SMILES string of the molecule is NC(=O)Cc1ccccc1NC(=O)c1cccc(S(=O)(=O)NCC2CC2)c1. The van der Waals surface area contributed by atoms with Gasteiger partial charge in [0.15, 0.2) is 0 Å². The Hall–Kier alpha value is -2.71. The first-order valence-corrected chi connectivity index (χ1v) is 10.1. The van der Waals surface area contributed by atoms with Gasteiger partial charge in [-0.3, -0.25) is 9.59 Å². The standard InChI is InChI=1S/C19H21N3O4S/c20-18(23)11-14-4-1-2-7-17(14)22-19(24)15-5-3-6-16(10-15)27(25,26)21-12-13-8-9-13/h1-7,10,13,21H,8-9,11-12H2,(H2,20,23)(H,22,24). The number of carbonyl (C=O) groups is 2. The molecule has 0 saturated heterocycles. The van der Waals surface area contributed by atoms with Gasteiger partial charge in [-0.05, 0) is 48.6 Å². The predicted molar refractivity (Wildman–Crippen MR) is 102 cm³/mol. The molecule has 0 spiro atoms. The summed E-state index contributed by atoms with van der Waals surface area (Å²) in [5.41, 5.74) is 6.49. The molecule has 1 fully saturated rings. The Morgan fingerprint density at radius 3 is 2.52 bits per heavy atom. The number of sulfonamides is 1. The molecule has 1 saturated carbocycles. The zero-order valence-electron chi connectivity index (χ0n) is 14.6. The van der Waals surface area contributed by atoms with Crippen LogP contribution in [0.5, 0.6) is 0 Å². The number of primary amides is 1. The Kier molecular flexibility index (Phi) is 5.57. The largest absolute Gasteiger partial charge is 0.369 e. The Morgan fingerprint density at radius 1 is 1.07 bits per heavy atom. The van der Waals surface area contributed by atoms with E-state index < -0.39 is 21.8 Å². The van der Waals surface area contributed by atoms with Crippen molar-refractivity contribution in [2.24, 2.45) is 11.7 Å². The van der Waals surface area contributed by atoms with Crippen LogP contribution in [-0.2, 0) is 21.2 Å². The van der Waals surface area contributed by atoms with Gasteiger partial charge in [-0.1, -0.05) is 24.3 Å². The maximum atomic E-state index is 12.6. The fourth-order valence-corrected chi connectivity index (χ4v) is 3.78. The zero-order chi connectivity index (χ0) is 19.4. The number of benzene rings is 2. The Bertz CT molecular complexity index is 968. The molecular formula is C19H21N3O4S. The summed E-state index contributed by atoms with van der Waals surface area (Å²) < 4.78 is 27.3. The minimum absolute atomic E-state index is 0.00401. The van der Waals surface area contributed by atoms with Crippen molar-refractivity contribution in [3.05, 3.63) is 59.7 Å². The molecule has 2 aromatic carbocycles. The van der Waals surface area contributed by atoms with Crippen LogP contribution in [0.1, 0.15) is 28.8 Å². The summed E-state index contributed by atoms with van der Waals surface area (Å²) >= 11 is 0. The first-order chi connectivity index (χ1) is 12.8. The molecule has 0 aromatic heterocycles. The van der Waals surface area contributed by atoms with Crippen molar-refractivity contribution in [1.82, 2.24) is 4.72 Å². The highest BCUT2D eigenvalue weighted by Gasteiger charge is 2.24. The number of rotatable bonds is 8. The number of amides is 2. The van der Waals surface area contributed by atoms with Crippen molar-refractivity contribution < 1.29 is 18.0 Å². The summed E-state index contributed by atoms with van der Waals surface area (Å²) in [6.45, 7) is 0.416. The van der Waals surface area contributed by atoms with E-state index >= 15 is 0 Å². The molecular weight excluding hydrogens is 366 g/mol. The Labute approximate surface area is 158 Å². The molecule has 27 heavy (non-hydrogen) atoms. The van der Waals surface area contributed by atoms with Crippen LogP contribution in [0.2, 0.25) is 0 Å². The van der Waals surface area contributed by atoms with E-state index in [2.05, 4.69) is 10.0 Å². The van der Waals surface area contributed by atoms with Crippen LogP contribution >= 0.6 is 0 Å². The molecule has 1 aliphatic rings. The lowest BCUT2D eigenvalue weighted by atomic mass is 10.1. The van der Waals surface area contributed by atoms with E-state index in [0.29, 0.717) is 23.7 Å². The lowest BCUT2D eigenvalue weighted by molar-refractivity contribution is -0.117. The molecule has 4 N–H and O–H groups in total. The van der Waals surface area contributed by atoms with Gasteiger partial charge in [-0.25, -0.2) is 13.1 Å². The molecule has 3 rings (SSSR count). The second-order valence-electron chi connectivity index (χ2n) is 6.58. The van der Waals surface area contributed by atoms with Gasteiger partial charge in [-0.15, -0.1) is 0 Å². The van der Waals surface area contributed by atoms with Crippen molar-refractivity contribution in [2.45, 2.75) is 24.2 Å². The molecule has 2 amide bonds. The quantitative estimate of drug-likeness (QED) is 0.638. The van der Waals surface area contributed by atoms with Crippen LogP contribution in [0.15, 0.2) is 53.4 Å². The van der Waals surface area contributed by atoms with Crippen LogP contribution in [0, 0.1) is 5.92 Å². The van der Waals surface area contributed by atoms with Gasteiger partial charge in [0, 0.05) is 17.8 Å². The molecule has 7 nitrogen and oxygen atoms in total. The van der Waals surface area contributed by atoms with Gasteiger partial charge >= 0.3 is 0 Å². The molecule has 0 radical (unpaired) electrons. The maximum Gasteiger partial charge on any atom is 0.255 e. The van der Waals surface area contributed by atoms with Gasteiger partial charge in [0.05, 0.1) is 11.3 Å². The van der Waals surface area contributed by atoms with Gasteiger partial charge in [0.1, 0.15) is 0 Å². The van der Waals surface area contributed by atoms with Crippen molar-refractivity contribution >= 4 is 27.5 Å². The van der Waals surface area contributed by atoms with Crippen molar-refractivity contribution in [3.63, 3.8) is 0 Å². The smallest absolute Gasteiger partial charge is 0.255 e. The number of anilines is 1. The Balaban J connectivity index is 1.77. The third-order valence-electron chi connectivity index (χ3n) is 4.30. The topological polar surface area (TPSA) is 118 Å². The normalized spacial score (nSPS) is 13.9. The van der Waals surface area contributed by atoms with E-state index in [-0.39, 0.29) is 16.9 Å². The fourth-order valence-electron chi connectivity index (χ4n) is 2.62. The van der Waals surface area contributed by atoms with Crippen molar-refractivity contribution in [2.75, 3.05) is 11.9 Å². The third kappa shape index (κ3) is 5.15. The van der Waals surface area contributed by atoms with Gasteiger partial charge in [-0.2, -0.15) is 0 Å². The highest BCUT2D eigenvalue weighted by molar-refractivity contribution is 7.89. The summed E-state index contributed by atoms with van der Waals surface area (Å²) in [6, 6.07) is 12.7. The van der Waals surface area contributed by atoms with E-state index in [1.807, 2.05) is 0 Å². The summed E-state index contributed by atoms with van der Waals surface area (Å²) in [4.78, 5) is 23.8. The average Bonchev–Trinajstić information content (AvgIpc) is 3.46. The molecule has 1 aliphatic carbocycles. The second-order valence-corrected chi connectivity index (χ2v) is 8.34. The van der Waals surface area contributed by atoms with Crippen LogP contribution in [0.4, 0.5) is 5.69 Å². The van der Waals surface area contributed by atoms with E-state index in [4.69, 9.17) is 5.73 Å². The first kappa shape index (κ1) is 19.1. The monoisotopic (exact) mass is 387 g/mol. The molecule has 8 heteroatoms. The molecule has 2 aromatic rings. The van der Waals surface area contributed by atoms with Crippen molar-refractivity contribution in [1.29, 1.82) is 0 Å². The van der Waals surface area contributed by atoms with Gasteiger partial charge < -0.3 is 11.1 Å². The molecule has 0 unspecified atom stereocenters. The summed E-state index contributed by atoms with van der Waals surface area (Å²) in [5.74, 6) is -0.564. The molecule has 0 heterocycles. The van der Waals surface area contributed by atoms with Crippen LogP contribution in [-0.4, -0.2) is 26.8 Å².